The number of aliphatic hydroxyl groups excluding tert-OH is 1. The van der Waals surface area contributed by atoms with E-state index in [4.69, 9.17) is 0 Å². The van der Waals surface area contributed by atoms with E-state index in [-0.39, 0.29) is 36.2 Å². The van der Waals surface area contributed by atoms with Crippen molar-refractivity contribution in [1.29, 1.82) is 0 Å². The van der Waals surface area contributed by atoms with Crippen LogP contribution in [0.1, 0.15) is 41.3 Å². The number of anilines is 1. The highest BCUT2D eigenvalue weighted by atomic mass is 16.3. The largest absolute Gasteiger partial charge is 0.508 e. The SMILES string of the molecule is CC(=O)N1CCC(Nc2cc(C(=O)NC[C@@H](O)[C@@H]3Cc4ccc(O)cc4CN3)ccn2)CC1. The van der Waals surface area contributed by atoms with Crippen molar-refractivity contribution in [3.05, 3.63) is 53.2 Å². The maximum atomic E-state index is 12.7. The zero-order valence-electron chi connectivity index (χ0n) is 18.8. The summed E-state index contributed by atoms with van der Waals surface area (Å²) in [4.78, 5) is 30.3. The Morgan fingerprint density at radius 1 is 1.21 bits per heavy atom. The Hall–Kier alpha value is -3.17. The molecule has 1 fully saturated rings. The van der Waals surface area contributed by atoms with Gasteiger partial charge in [-0.3, -0.25) is 9.59 Å². The number of pyridine rings is 1. The predicted octanol–water partition coefficient (Wildman–Crippen LogP) is 1.02. The number of rotatable bonds is 6. The molecular formula is C24H31N5O4. The Labute approximate surface area is 193 Å². The van der Waals surface area contributed by atoms with Crippen LogP contribution in [0.25, 0.3) is 0 Å². The third-order valence-electron chi connectivity index (χ3n) is 6.44. The number of nitrogens with zero attached hydrogens (tertiary/aromatic N) is 2. The quantitative estimate of drug-likeness (QED) is 0.442. The lowest BCUT2D eigenvalue weighted by Gasteiger charge is -2.32. The third kappa shape index (κ3) is 5.80. The number of fused-ring (bicyclic) bond motifs is 1. The highest BCUT2D eigenvalue weighted by Gasteiger charge is 2.25. The summed E-state index contributed by atoms with van der Waals surface area (Å²) < 4.78 is 0. The Morgan fingerprint density at radius 2 is 2.00 bits per heavy atom. The van der Waals surface area contributed by atoms with Crippen molar-refractivity contribution in [2.45, 2.75) is 50.9 Å². The first-order valence-electron chi connectivity index (χ1n) is 11.4. The van der Waals surface area contributed by atoms with Gasteiger partial charge in [-0.05, 0) is 54.7 Å². The van der Waals surface area contributed by atoms with Gasteiger partial charge in [0.05, 0.1) is 6.10 Å². The van der Waals surface area contributed by atoms with Crippen LogP contribution in [0.4, 0.5) is 5.82 Å². The molecule has 0 unspecified atom stereocenters. The minimum absolute atomic E-state index is 0.0966. The van der Waals surface area contributed by atoms with Crippen LogP contribution < -0.4 is 16.0 Å². The van der Waals surface area contributed by atoms with Crippen molar-refractivity contribution >= 4 is 17.6 Å². The van der Waals surface area contributed by atoms with Crippen LogP contribution in [-0.4, -0.2) is 69.7 Å². The second-order valence-electron chi connectivity index (χ2n) is 8.78. The fourth-order valence-corrected chi connectivity index (χ4v) is 4.44. The van der Waals surface area contributed by atoms with Gasteiger partial charge in [-0.2, -0.15) is 0 Å². The van der Waals surface area contributed by atoms with Crippen LogP contribution in [0.3, 0.4) is 0 Å². The van der Waals surface area contributed by atoms with Crippen LogP contribution in [0.2, 0.25) is 0 Å². The summed E-state index contributed by atoms with van der Waals surface area (Å²) in [5, 5.41) is 29.7. The predicted molar refractivity (Wildman–Crippen MR) is 124 cm³/mol. The van der Waals surface area contributed by atoms with Crippen molar-refractivity contribution < 1.29 is 19.8 Å². The number of aliphatic hydroxyl groups is 1. The Balaban J connectivity index is 1.27. The molecule has 2 aliphatic heterocycles. The topological polar surface area (TPSA) is 127 Å². The molecule has 1 aromatic heterocycles. The fraction of sp³-hybridized carbons (Fsp3) is 0.458. The molecular weight excluding hydrogens is 422 g/mol. The number of likely N-dealkylation sites (tertiary alicyclic amines) is 1. The summed E-state index contributed by atoms with van der Waals surface area (Å²) in [6, 6.07) is 8.63. The second kappa shape index (κ2) is 10.2. The van der Waals surface area contributed by atoms with Crippen LogP contribution in [0.15, 0.2) is 36.5 Å². The molecule has 0 spiro atoms. The standard InChI is InChI=1S/C24H31N5O4/c1-15(30)29-8-5-19(6-9-29)28-23-12-17(4-7-25-23)24(33)27-14-22(32)21-11-16-2-3-20(31)10-18(16)13-26-21/h2-4,7,10,12,19,21-22,26,31-32H,5-6,8-9,11,13-14H2,1H3,(H,25,28)(H,27,33)/t21-,22+/m0/s1. The first-order chi connectivity index (χ1) is 15.9. The molecule has 9 heteroatoms. The number of carbonyl (C=O) groups is 2. The van der Waals surface area contributed by atoms with Crippen LogP contribution in [0, 0.1) is 0 Å². The number of amides is 2. The monoisotopic (exact) mass is 453 g/mol. The normalized spacial score (nSPS) is 19.5. The minimum Gasteiger partial charge on any atom is -0.508 e. The van der Waals surface area contributed by atoms with Crippen molar-refractivity contribution in [3.63, 3.8) is 0 Å². The maximum Gasteiger partial charge on any atom is 0.251 e. The van der Waals surface area contributed by atoms with E-state index in [2.05, 4.69) is 20.9 Å². The van der Waals surface area contributed by atoms with E-state index in [1.165, 1.54) is 0 Å². The average molecular weight is 454 g/mol. The molecule has 0 saturated carbocycles. The molecule has 2 atom stereocenters. The first kappa shape index (κ1) is 23.0. The molecule has 2 amide bonds. The lowest BCUT2D eigenvalue weighted by atomic mass is 9.92. The average Bonchev–Trinajstić information content (AvgIpc) is 2.82. The summed E-state index contributed by atoms with van der Waals surface area (Å²) in [6.07, 6.45) is 3.13. The number of hydrogen-bond donors (Lipinski definition) is 5. The Bertz CT molecular complexity index is 1010. The number of nitrogens with one attached hydrogen (secondary N) is 3. The number of phenolic OH excluding ortho intramolecular Hbond substituents is 1. The molecule has 1 aromatic carbocycles. The minimum atomic E-state index is -0.748. The van der Waals surface area contributed by atoms with Crippen molar-refractivity contribution in [2.24, 2.45) is 0 Å². The molecule has 3 heterocycles. The van der Waals surface area contributed by atoms with Gasteiger partial charge in [-0.25, -0.2) is 4.98 Å². The summed E-state index contributed by atoms with van der Waals surface area (Å²) in [7, 11) is 0. The Morgan fingerprint density at radius 3 is 2.76 bits per heavy atom. The molecule has 0 aliphatic carbocycles. The van der Waals surface area contributed by atoms with Gasteiger partial charge in [0.25, 0.3) is 5.91 Å². The van der Waals surface area contributed by atoms with Gasteiger partial charge in [0.1, 0.15) is 11.6 Å². The van der Waals surface area contributed by atoms with Crippen LogP contribution in [0.5, 0.6) is 5.75 Å². The fourth-order valence-electron chi connectivity index (χ4n) is 4.44. The highest BCUT2D eigenvalue weighted by molar-refractivity contribution is 5.94. The van der Waals surface area contributed by atoms with Gasteiger partial charge in [0.2, 0.25) is 5.91 Å². The molecule has 9 nitrogen and oxygen atoms in total. The number of piperidine rings is 1. The van der Waals surface area contributed by atoms with Gasteiger partial charge in [0.15, 0.2) is 0 Å². The molecule has 33 heavy (non-hydrogen) atoms. The van der Waals surface area contributed by atoms with E-state index in [0.29, 0.717) is 37.4 Å². The van der Waals surface area contributed by atoms with E-state index in [0.717, 1.165) is 24.0 Å². The van der Waals surface area contributed by atoms with E-state index in [1.807, 2.05) is 11.0 Å². The molecule has 2 aliphatic rings. The summed E-state index contributed by atoms with van der Waals surface area (Å²) in [6.45, 7) is 3.70. The molecule has 0 bridgehead atoms. The van der Waals surface area contributed by atoms with E-state index in [1.54, 1.807) is 37.4 Å². The summed E-state index contributed by atoms with van der Waals surface area (Å²) in [5.41, 5.74) is 2.57. The van der Waals surface area contributed by atoms with Gasteiger partial charge >= 0.3 is 0 Å². The smallest absolute Gasteiger partial charge is 0.251 e. The van der Waals surface area contributed by atoms with E-state index < -0.39 is 6.10 Å². The number of aromatic nitrogens is 1. The number of benzene rings is 1. The third-order valence-corrected chi connectivity index (χ3v) is 6.44. The van der Waals surface area contributed by atoms with Crippen LogP contribution >= 0.6 is 0 Å². The summed E-state index contributed by atoms with van der Waals surface area (Å²) >= 11 is 0. The maximum absolute atomic E-state index is 12.7. The Kier molecular flexibility index (Phi) is 7.10. The number of carbonyl (C=O) groups excluding carboxylic acids is 2. The molecule has 5 N–H and O–H groups in total. The highest BCUT2D eigenvalue weighted by Crippen LogP contribution is 2.22. The molecule has 0 radical (unpaired) electrons. The van der Waals surface area contributed by atoms with Gasteiger partial charge in [-0.15, -0.1) is 0 Å². The number of phenols is 1. The lowest BCUT2D eigenvalue weighted by molar-refractivity contribution is -0.129. The number of hydrogen-bond acceptors (Lipinski definition) is 7. The molecule has 2 aromatic rings. The number of aromatic hydroxyl groups is 1. The van der Waals surface area contributed by atoms with Crippen molar-refractivity contribution in [2.75, 3.05) is 25.0 Å². The molecule has 176 valence electrons. The van der Waals surface area contributed by atoms with Gasteiger partial charge < -0.3 is 31.1 Å². The first-order valence-corrected chi connectivity index (χ1v) is 11.4. The molecule has 1 saturated heterocycles. The van der Waals surface area contributed by atoms with Crippen LogP contribution in [-0.2, 0) is 17.8 Å². The summed E-state index contributed by atoms with van der Waals surface area (Å²) in [5.74, 6) is 0.680. The second-order valence-corrected chi connectivity index (χ2v) is 8.78. The van der Waals surface area contributed by atoms with E-state index >= 15 is 0 Å². The van der Waals surface area contributed by atoms with Gasteiger partial charge in [-0.1, -0.05) is 6.07 Å². The molecule has 4 rings (SSSR count). The van der Waals surface area contributed by atoms with Crippen molar-refractivity contribution in [1.82, 2.24) is 20.5 Å². The lowest BCUT2D eigenvalue weighted by Crippen LogP contribution is -2.49. The van der Waals surface area contributed by atoms with Gasteiger partial charge in [0, 0.05) is 56.9 Å². The zero-order chi connectivity index (χ0) is 23.4. The zero-order valence-corrected chi connectivity index (χ0v) is 18.8. The van der Waals surface area contributed by atoms with Crippen molar-refractivity contribution in [3.8, 4) is 5.75 Å². The van der Waals surface area contributed by atoms with E-state index in [9.17, 15) is 19.8 Å².